The Labute approximate surface area is 181 Å². The van der Waals surface area contributed by atoms with E-state index in [1.807, 2.05) is 0 Å². The van der Waals surface area contributed by atoms with Crippen molar-refractivity contribution in [1.82, 2.24) is 0 Å². The van der Waals surface area contributed by atoms with Gasteiger partial charge in [0.1, 0.15) is 0 Å². The zero-order valence-corrected chi connectivity index (χ0v) is 19.6. The van der Waals surface area contributed by atoms with Crippen LogP contribution in [0.4, 0.5) is 0 Å². The molecule has 3 fully saturated rings. The van der Waals surface area contributed by atoms with E-state index in [1.54, 1.807) is 0 Å². The second-order valence-electron chi connectivity index (χ2n) is 12.2. The first-order valence-corrected chi connectivity index (χ1v) is 12.7. The van der Waals surface area contributed by atoms with Crippen LogP contribution in [0.15, 0.2) is 17.3 Å². The van der Waals surface area contributed by atoms with Crippen molar-refractivity contribution in [3.05, 3.63) is 12.2 Å². The van der Waals surface area contributed by atoms with Crippen molar-refractivity contribution in [3.8, 4) is 0 Å². The molecule has 0 aromatic carbocycles. The number of oxime groups is 1. The summed E-state index contributed by atoms with van der Waals surface area (Å²) in [7, 11) is 0. The second kappa shape index (κ2) is 8.04. The molecule has 2 heteroatoms. The highest BCUT2D eigenvalue weighted by molar-refractivity contribution is 5.95. The summed E-state index contributed by atoms with van der Waals surface area (Å²) in [4.78, 5) is 0. The molecule has 8 atom stereocenters. The van der Waals surface area contributed by atoms with Gasteiger partial charge in [0.25, 0.3) is 0 Å². The van der Waals surface area contributed by atoms with Gasteiger partial charge in [-0.05, 0) is 103 Å². The molecule has 164 valence electrons. The maximum absolute atomic E-state index is 6.96. The first-order chi connectivity index (χ1) is 14.3. The van der Waals surface area contributed by atoms with Crippen LogP contribution in [0.25, 0.3) is 0 Å². The molecule has 4 rings (SSSR count). The van der Waals surface area contributed by atoms with E-state index in [2.05, 4.69) is 57.1 Å². The van der Waals surface area contributed by atoms with Crippen LogP contribution >= 0.6 is 0 Å². The third-order valence-electron chi connectivity index (χ3n) is 10.4. The highest BCUT2D eigenvalue weighted by Gasteiger charge is 2.59. The van der Waals surface area contributed by atoms with E-state index >= 15 is 0 Å². The van der Waals surface area contributed by atoms with Crippen molar-refractivity contribution in [2.24, 2.45) is 57.4 Å². The molecule has 0 bridgehead atoms. The standard InChI is InChI=1S/C27H45NO/c1-18(2)7-6-8-19(3)23-11-12-24-22-10-9-20-17-21(28-29)13-15-26(20,4)25(22)14-16-27(23,24)5/h13,15,18-20,22-25,29H,6-12,14,16-17H2,1-5H3/b28-21-/t19-,20+,22+,23-,24+,25+,26+,27-/m1/s1/i/hD. The molecule has 0 aromatic rings. The van der Waals surface area contributed by atoms with Crippen LogP contribution in [-0.4, -0.2) is 10.9 Å². The van der Waals surface area contributed by atoms with E-state index < -0.39 is 0 Å². The molecule has 29 heavy (non-hydrogen) atoms. The first-order valence-electron chi connectivity index (χ1n) is 13.1. The highest BCUT2D eigenvalue weighted by Crippen LogP contribution is 2.67. The van der Waals surface area contributed by atoms with Crippen molar-refractivity contribution in [1.29, 1.82) is 0 Å². The molecule has 0 radical (unpaired) electrons. The number of allylic oxidation sites excluding steroid dienone is 2. The third kappa shape index (κ3) is 3.61. The van der Waals surface area contributed by atoms with Gasteiger partial charge in [0.05, 0.1) is 5.71 Å². The monoisotopic (exact) mass is 400 g/mol. The molecule has 1 N–H and O–H groups in total. The summed E-state index contributed by atoms with van der Waals surface area (Å²) in [6.45, 7) is 12.5. The number of hydrogen-bond acceptors (Lipinski definition) is 2. The lowest BCUT2D eigenvalue weighted by atomic mass is 9.45. The van der Waals surface area contributed by atoms with Crippen LogP contribution in [0.5, 0.6) is 0 Å². The zero-order chi connectivity index (χ0) is 21.5. The van der Waals surface area contributed by atoms with Gasteiger partial charge in [-0.15, -0.1) is 0 Å². The average Bonchev–Trinajstić information content (AvgIpc) is 3.05. The van der Waals surface area contributed by atoms with Crippen LogP contribution in [0.2, 0.25) is 1.43 Å². The van der Waals surface area contributed by atoms with Crippen molar-refractivity contribution < 1.29 is 6.64 Å². The minimum Gasteiger partial charge on any atom is -0.411 e. The Kier molecular flexibility index (Phi) is 5.58. The van der Waals surface area contributed by atoms with Crippen molar-refractivity contribution in [2.75, 3.05) is 0 Å². The van der Waals surface area contributed by atoms with Crippen molar-refractivity contribution in [3.63, 3.8) is 0 Å². The van der Waals surface area contributed by atoms with Crippen LogP contribution in [0.1, 0.15) is 98.8 Å². The summed E-state index contributed by atoms with van der Waals surface area (Å²) in [5.41, 5.74) is 1.85. The molecule has 0 heterocycles. The molecule has 0 saturated heterocycles. The zero-order valence-electron chi connectivity index (χ0n) is 20.6. The normalized spacial score (nSPS) is 46.8. The largest absolute Gasteiger partial charge is 0.411 e. The highest BCUT2D eigenvalue weighted by atomic mass is 16.4. The van der Waals surface area contributed by atoms with E-state index in [1.165, 1.54) is 57.8 Å². The van der Waals surface area contributed by atoms with Crippen LogP contribution < -0.4 is 0 Å². The minimum absolute atomic E-state index is 0.312. The SMILES string of the molecule is [2H]O/N=C1/C=C[C@@]2(C)[C@@H](CC[C@@H]3[C@@H]2CC[C@]2(C)[C@@H]([C@H](C)CCCC(C)C)CC[C@@H]32)C1. The van der Waals surface area contributed by atoms with Gasteiger partial charge in [-0.3, -0.25) is 0 Å². The number of nitrogens with zero attached hydrogens (tertiary/aromatic N) is 1. The van der Waals surface area contributed by atoms with Gasteiger partial charge in [-0.2, -0.15) is 0 Å². The molecule has 0 unspecified atom stereocenters. The summed E-state index contributed by atoms with van der Waals surface area (Å²) < 4.78 is 6.96. The number of hydrogen-bond donors (Lipinski definition) is 1. The number of rotatable bonds is 6. The lowest BCUT2D eigenvalue weighted by molar-refractivity contribution is -0.0809. The Morgan fingerprint density at radius 3 is 2.69 bits per heavy atom. The molecule has 0 amide bonds. The fourth-order valence-corrected chi connectivity index (χ4v) is 8.74. The van der Waals surface area contributed by atoms with Gasteiger partial charge < -0.3 is 5.21 Å². The molecule has 0 spiro atoms. The Bertz CT molecular complexity index is 672. The van der Waals surface area contributed by atoms with Crippen molar-refractivity contribution >= 4 is 5.71 Å². The molecule has 4 aliphatic carbocycles. The molecule has 0 aliphatic heterocycles. The van der Waals surface area contributed by atoms with Crippen LogP contribution in [-0.2, 0) is 0 Å². The van der Waals surface area contributed by atoms with E-state index in [9.17, 15) is 0 Å². The van der Waals surface area contributed by atoms with Gasteiger partial charge in [0, 0.05) is 0 Å². The topological polar surface area (TPSA) is 32.6 Å². The maximum atomic E-state index is 6.96. The Morgan fingerprint density at radius 1 is 1.10 bits per heavy atom. The molecular weight excluding hydrogens is 354 g/mol. The van der Waals surface area contributed by atoms with Gasteiger partial charge in [0.15, 0.2) is 0 Å². The quantitative estimate of drug-likeness (QED) is 0.359. The van der Waals surface area contributed by atoms with Crippen LogP contribution in [0, 0.1) is 52.3 Å². The molecule has 0 aromatic heterocycles. The lowest BCUT2D eigenvalue weighted by Gasteiger charge is -2.59. The number of fused-ring (bicyclic) bond motifs is 5. The van der Waals surface area contributed by atoms with Gasteiger partial charge in [-0.25, -0.2) is 0 Å². The molecule has 3 saturated carbocycles. The summed E-state index contributed by atoms with van der Waals surface area (Å²) in [5, 5.41) is 8.27. The lowest BCUT2D eigenvalue weighted by Crippen LogP contribution is -2.52. The predicted octanol–water partition coefficient (Wildman–Crippen LogP) is 7.71. The summed E-state index contributed by atoms with van der Waals surface area (Å²) in [6.07, 6.45) is 18.4. The predicted molar refractivity (Wildman–Crippen MR) is 122 cm³/mol. The first kappa shape index (κ1) is 20.1. The molecular formula is C27H45NO. The summed E-state index contributed by atoms with van der Waals surface area (Å²) >= 11 is 0. The fraction of sp³-hybridized carbons (Fsp3) is 0.889. The maximum Gasteiger partial charge on any atom is 0.330 e. The van der Waals surface area contributed by atoms with E-state index in [4.69, 9.17) is 1.43 Å². The summed E-state index contributed by atoms with van der Waals surface area (Å²) in [6, 6.07) is 0. The summed E-state index contributed by atoms with van der Waals surface area (Å²) in [5.74, 6) is 6.03. The third-order valence-corrected chi connectivity index (χ3v) is 10.4. The smallest absolute Gasteiger partial charge is 0.330 e. The Balaban J connectivity index is 1.48. The van der Waals surface area contributed by atoms with E-state index in [0.29, 0.717) is 16.7 Å². The average molecular weight is 401 g/mol. The van der Waals surface area contributed by atoms with Gasteiger partial charge in [-0.1, -0.05) is 65.1 Å². The van der Waals surface area contributed by atoms with Gasteiger partial charge in [0.2, 0.25) is 0 Å². The van der Waals surface area contributed by atoms with E-state index in [-0.39, 0.29) is 0 Å². The Hall–Kier alpha value is -0.790. The fourth-order valence-electron chi connectivity index (χ4n) is 8.74. The van der Waals surface area contributed by atoms with Crippen LogP contribution in [0.3, 0.4) is 0 Å². The second-order valence-corrected chi connectivity index (χ2v) is 12.2. The molecule has 4 aliphatic rings. The van der Waals surface area contributed by atoms with Crippen molar-refractivity contribution in [2.45, 2.75) is 98.8 Å². The molecule has 2 nitrogen and oxygen atoms in total. The Morgan fingerprint density at radius 2 is 1.93 bits per heavy atom. The van der Waals surface area contributed by atoms with E-state index in [0.717, 1.165) is 47.6 Å². The van der Waals surface area contributed by atoms with Gasteiger partial charge >= 0.3 is 1.43 Å². The minimum atomic E-state index is 0.312.